The van der Waals surface area contributed by atoms with Crippen LogP contribution in [0, 0.1) is 10.1 Å². The summed E-state index contributed by atoms with van der Waals surface area (Å²) in [5, 5.41) is 19.4. The molecule has 0 aromatic carbocycles. The third kappa shape index (κ3) is 3.40. The van der Waals surface area contributed by atoms with Gasteiger partial charge >= 0.3 is 11.7 Å². The van der Waals surface area contributed by atoms with E-state index in [1.807, 2.05) is 6.92 Å². The average molecular weight is 240 g/mol. The van der Waals surface area contributed by atoms with E-state index in [-0.39, 0.29) is 23.9 Å². The van der Waals surface area contributed by atoms with Crippen molar-refractivity contribution in [3.05, 3.63) is 27.9 Å². The summed E-state index contributed by atoms with van der Waals surface area (Å²) in [6.45, 7) is 2.21. The lowest BCUT2D eigenvalue weighted by Crippen LogP contribution is -2.06. The summed E-state index contributed by atoms with van der Waals surface area (Å²) in [6.07, 6.45) is 1.59. The number of hydrogen-bond acceptors (Lipinski definition) is 5. The van der Waals surface area contributed by atoms with Crippen LogP contribution in [0.2, 0.25) is 0 Å². The number of carboxylic acid groups (broad SMARTS) is 1. The Labute approximate surface area is 97.2 Å². The molecule has 0 bridgehead atoms. The first kappa shape index (κ1) is 12.9. The zero-order valence-corrected chi connectivity index (χ0v) is 9.25. The Morgan fingerprint density at radius 3 is 2.82 bits per heavy atom. The standard InChI is InChI=1S/C10H12N2O5/c1-2-3-6-17-9-8(12(15)16)5-4-7(11-9)10(13)14/h4-5H,2-3,6H2,1H3,(H,13,14). The number of rotatable bonds is 6. The van der Waals surface area contributed by atoms with Crippen LogP contribution in [0.4, 0.5) is 5.69 Å². The molecule has 0 amide bonds. The minimum absolute atomic E-state index is 0.247. The van der Waals surface area contributed by atoms with E-state index in [4.69, 9.17) is 9.84 Å². The van der Waals surface area contributed by atoms with Crippen molar-refractivity contribution in [3.8, 4) is 5.88 Å². The van der Waals surface area contributed by atoms with Gasteiger partial charge in [0.1, 0.15) is 0 Å². The first-order chi connectivity index (χ1) is 8.06. The summed E-state index contributed by atoms with van der Waals surface area (Å²) in [7, 11) is 0. The van der Waals surface area contributed by atoms with Gasteiger partial charge in [0.05, 0.1) is 11.5 Å². The number of hydrogen-bond donors (Lipinski definition) is 1. The van der Waals surface area contributed by atoms with Gasteiger partial charge in [-0.3, -0.25) is 10.1 Å². The molecule has 1 heterocycles. The highest BCUT2D eigenvalue weighted by molar-refractivity contribution is 5.85. The SMILES string of the molecule is CCCCOc1nc(C(=O)O)ccc1[N+](=O)[O-]. The second-order valence-electron chi connectivity index (χ2n) is 3.29. The molecule has 0 radical (unpaired) electrons. The Morgan fingerprint density at radius 2 is 2.29 bits per heavy atom. The van der Waals surface area contributed by atoms with E-state index in [0.29, 0.717) is 0 Å². The molecule has 0 spiro atoms. The van der Waals surface area contributed by atoms with E-state index in [0.717, 1.165) is 25.0 Å². The monoisotopic (exact) mass is 240 g/mol. The molecule has 17 heavy (non-hydrogen) atoms. The summed E-state index contributed by atoms with van der Waals surface area (Å²) in [5.41, 5.74) is -0.604. The third-order valence-electron chi connectivity index (χ3n) is 1.99. The van der Waals surface area contributed by atoms with E-state index >= 15 is 0 Å². The number of aromatic carboxylic acids is 1. The largest absolute Gasteiger partial charge is 0.477 e. The van der Waals surface area contributed by atoms with Crippen LogP contribution >= 0.6 is 0 Å². The molecule has 0 saturated heterocycles. The number of nitro groups is 1. The second-order valence-corrected chi connectivity index (χ2v) is 3.29. The Hall–Kier alpha value is -2.18. The van der Waals surface area contributed by atoms with Crippen molar-refractivity contribution < 1.29 is 19.6 Å². The van der Waals surface area contributed by atoms with E-state index in [1.165, 1.54) is 0 Å². The molecule has 1 aromatic heterocycles. The molecule has 0 aliphatic heterocycles. The molecule has 0 aliphatic carbocycles. The Balaban J connectivity index is 2.98. The van der Waals surface area contributed by atoms with E-state index < -0.39 is 10.9 Å². The second kappa shape index (κ2) is 5.78. The lowest BCUT2D eigenvalue weighted by Gasteiger charge is -2.05. The molecule has 7 heteroatoms. The first-order valence-corrected chi connectivity index (χ1v) is 5.07. The number of unbranched alkanes of at least 4 members (excludes halogenated alkanes) is 1. The van der Waals surface area contributed by atoms with Crippen LogP contribution in [0.5, 0.6) is 5.88 Å². The number of aromatic nitrogens is 1. The van der Waals surface area contributed by atoms with Crippen molar-refractivity contribution in [2.45, 2.75) is 19.8 Å². The quantitative estimate of drug-likeness (QED) is 0.462. The lowest BCUT2D eigenvalue weighted by atomic mass is 10.3. The van der Waals surface area contributed by atoms with Crippen LogP contribution in [-0.4, -0.2) is 27.6 Å². The smallest absolute Gasteiger partial charge is 0.354 e. The first-order valence-electron chi connectivity index (χ1n) is 5.07. The summed E-state index contributed by atoms with van der Waals surface area (Å²) in [4.78, 5) is 24.3. The predicted octanol–water partition coefficient (Wildman–Crippen LogP) is 1.87. The topological polar surface area (TPSA) is 103 Å². The zero-order chi connectivity index (χ0) is 12.8. The van der Waals surface area contributed by atoms with Crippen LogP contribution in [0.25, 0.3) is 0 Å². The molecule has 7 nitrogen and oxygen atoms in total. The molecule has 0 saturated carbocycles. The third-order valence-corrected chi connectivity index (χ3v) is 1.99. The van der Waals surface area contributed by atoms with Gasteiger partial charge in [0.25, 0.3) is 5.88 Å². The molecular formula is C10H12N2O5. The van der Waals surface area contributed by atoms with Gasteiger partial charge in [0.2, 0.25) is 0 Å². The normalized spacial score (nSPS) is 9.94. The van der Waals surface area contributed by atoms with Gasteiger partial charge in [-0.1, -0.05) is 13.3 Å². The van der Waals surface area contributed by atoms with Gasteiger partial charge < -0.3 is 9.84 Å². The number of carboxylic acids is 1. The average Bonchev–Trinajstić information content (AvgIpc) is 2.28. The minimum atomic E-state index is -1.25. The number of carbonyl (C=O) groups is 1. The van der Waals surface area contributed by atoms with Crippen molar-refractivity contribution in [1.82, 2.24) is 4.98 Å². The minimum Gasteiger partial charge on any atom is -0.477 e. The summed E-state index contributed by atoms with van der Waals surface area (Å²) < 4.78 is 5.11. The maximum Gasteiger partial charge on any atom is 0.354 e. The highest BCUT2D eigenvalue weighted by Crippen LogP contribution is 2.24. The van der Waals surface area contributed by atoms with E-state index in [2.05, 4.69) is 4.98 Å². The van der Waals surface area contributed by atoms with Crippen molar-refractivity contribution in [2.24, 2.45) is 0 Å². The maximum atomic E-state index is 10.7. The molecule has 1 rings (SSSR count). The van der Waals surface area contributed by atoms with Gasteiger partial charge in [0, 0.05) is 6.07 Å². The molecule has 0 unspecified atom stereocenters. The Morgan fingerprint density at radius 1 is 1.59 bits per heavy atom. The van der Waals surface area contributed by atoms with Gasteiger partial charge in [-0.05, 0) is 12.5 Å². The van der Waals surface area contributed by atoms with E-state index in [1.54, 1.807) is 0 Å². The van der Waals surface area contributed by atoms with Crippen molar-refractivity contribution in [1.29, 1.82) is 0 Å². The van der Waals surface area contributed by atoms with Gasteiger partial charge in [0.15, 0.2) is 5.69 Å². The molecule has 1 N–H and O–H groups in total. The fourth-order valence-corrected chi connectivity index (χ4v) is 1.11. The summed E-state index contributed by atoms with van der Waals surface area (Å²) in [6, 6.07) is 2.16. The van der Waals surface area contributed by atoms with Crippen molar-refractivity contribution in [2.75, 3.05) is 6.61 Å². The Bertz CT molecular complexity index is 433. The zero-order valence-electron chi connectivity index (χ0n) is 9.25. The van der Waals surface area contributed by atoms with Gasteiger partial charge in [-0.25, -0.2) is 9.78 Å². The van der Waals surface area contributed by atoms with E-state index in [9.17, 15) is 14.9 Å². The molecule has 92 valence electrons. The molecule has 0 fully saturated rings. The fourth-order valence-electron chi connectivity index (χ4n) is 1.11. The number of pyridine rings is 1. The molecular weight excluding hydrogens is 228 g/mol. The van der Waals surface area contributed by atoms with Crippen LogP contribution < -0.4 is 4.74 Å². The van der Waals surface area contributed by atoms with Crippen LogP contribution in [0.15, 0.2) is 12.1 Å². The molecule has 0 atom stereocenters. The molecule has 0 aliphatic rings. The van der Waals surface area contributed by atoms with Crippen LogP contribution in [-0.2, 0) is 0 Å². The van der Waals surface area contributed by atoms with Crippen LogP contribution in [0.1, 0.15) is 30.3 Å². The van der Waals surface area contributed by atoms with Crippen molar-refractivity contribution in [3.63, 3.8) is 0 Å². The van der Waals surface area contributed by atoms with Crippen molar-refractivity contribution >= 4 is 11.7 Å². The fraction of sp³-hybridized carbons (Fsp3) is 0.400. The van der Waals surface area contributed by atoms with Crippen LogP contribution in [0.3, 0.4) is 0 Å². The Kier molecular flexibility index (Phi) is 4.38. The number of nitrogens with zero attached hydrogens (tertiary/aromatic N) is 2. The highest BCUT2D eigenvalue weighted by Gasteiger charge is 2.19. The lowest BCUT2D eigenvalue weighted by molar-refractivity contribution is -0.386. The molecule has 1 aromatic rings. The highest BCUT2D eigenvalue weighted by atomic mass is 16.6. The maximum absolute atomic E-state index is 10.7. The predicted molar refractivity (Wildman–Crippen MR) is 58.3 cm³/mol. The summed E-state index contributed by atoms with van der Waals surface area (Å²) in [5.74, 6) is -1.50. The number of ether oxygens (including phenoxy) is 1. The van der Waals surface area contributed by atoms with Gasteiger partial charge in [-0.15, -0.1) is 0 Å². The van der Waals surface area contributed by atoms with Gasteiger partial charge in [-0.2, -0.15) is 0 Å². The summed E-state index contributed by atoms with van der Waals surface area (Å²) >= 11 is 0.